The number of rotatable bonds is 2. The third kappa shape index (κ3) is 1.97. The summed E-state index contributed by atoms with van der Waals surface area (Å²) in [5.41, 5.74) is 0. The van der Waals surface area contributed by atoms with Gasteiger partial charge in [-0.1, -0.05) is 0 Å². The lowest BCUT2D eigenvalue weighted by atomic mass is 10.4. The fourth-order valence-corrected chi connectivity index (χ4v) is 2.09. The Morgan fingerprint density at radius 2 is 2.17 bits per heavy atom. The number of halogens is 1. The van der Waals surface area contributed by atoms with E-state index in [1.807, 2.05) is 11.1 Å². The van der Waals surface area contributed by atoms with E-state index in [4.69, 9.17) is 11.6 Å². The average Bonchev–Trinajstić information content (AvgIpc) is 2.85. The molecule has 3 heterocycles. The number of hydrogen-bond acceptors (Lipinski definition) is 6. The summed E-state index contributed by atoms with van der Waals surface area (Å²) >= 11 is 5.88. The van der Waals surface area contributed by atoms with E-state index in [-0.39, 0.29) is 5.28 Å². The zero-order valence-corrected chi connectivity index (χ0v) is 10.6. The fraction of sp³-hybridized carbons (Fsp3) is 0.400. The fourth-order valence-electron chi connectivity index (χ4n) is 1.94. The molecule has 0 saturated carbocycles. The van der Waals surface area contributed by atoms with Crippen molar-refractivity contribution in [3.63, 3.8) is 0 Å². The zero-order chi connectivity index (χ0) is 12.5. The van der Waals surface area contributed by atoms with E-state index in [2.05, 4.69) is 29.8 Å². The summed E-state index contributed by atoms with van der Waals surface area (Å²) in [6.45, 7) is 2.37. The summed E-state index contributed by atoms with van der Waals surface area (Å²) in [5, 5.41) is 3.06. The van der Waals surface area contributed by atoms with E-state index in [1.54, 1.807) is 13.2 Å². The predicted octanol–water partition coefficient (Wildman–Crippen LogP) is 0.783. The number of imidazole rings is 1. The Morgan fingerprint density at radius 3 is 3.00 bits per heavy atom. The summed E-state index contributed by atoms with van der Waals surface area (Å²) in [6, 6.07) is 0. The molecule has 94 valence electrons. The van der Waals surface area contributed by atoms with E-state index < -0.39 is 0 Å². The van der Waals surface area contributed by atoms with Crippen LogP contribution in [0.1, 0.15) is 5.82 Å². The summed E-state index contributed by atoms with van der Waals surface area (Å²) < 4.78 is 2.12. The molecular weight excluding hydrogens is 254 g/mol. The molecule has 0 aromatic carbocycles. The van der Waals surface area contributed by atoms with Crippen LogP contribution in [0.4, 0.5) is 11.9 Å². The van der Waals surface area contributed by atoms with Gasteiger partial charge in [-0.2, -0.15) is 15.0 Å². The molecule has 18 heavy (non-hydrogen) atoms. The molecule has 7 nitrogen and oxygen atoms in total. The Hall–Kier alpha value is -1.89. The van der Waals surface area contributed by atoms with Gasteiger partial charge < -0.3 is 14.8 Å². The maximum absolute atomic E-state index is 5.88. The van der Waals surface area contributed by atoms with Gasteiger partial charge in [0.2, 0.25) is 17.2 Å². The zero-order valence-electron chi connectivity index (χ0n) is 9.84. The van der Waals surface area contributed by atoms with E-state index in [0.29, 0.717) is 18.4 Å². The first kappa shape index (κ1) is 11.2. The number of hydrogen-bond donors (Lipinski definition) is 1. The minimum Gasteiger partial charge on any atom is -0.357 e. The van der Waals surface area contributed by atoms with Crippen LogP contribution in [-0.2, 0) is 13.1 Å². The Labute approximate surface area is 109 Å². The molecule has 1 aliphatic heterocycles. The molecule has 0 aliphatic carbocycles. The molecule has 0 spiro atoms. The Morgan fingerprint density at radius 1 is 1.28 bits per heavy atom. The van der Waals surface area contributed by atoms with Crippen LogP contribution in [-0.4, -0.2) is 38.1 Å². The molecule has 0 radical (unpaired) electrons. The average molecular weight is 266 g/mol. The second-order valence-corrected chi connectivity index (χ2v) is 4.27. The van der Waals surface area contributed by atoms with Crippen LogP contribution in [0.25, 0.3) is 0 Å². The topological polar surface area (TPSA) is 71.8 Å². The first-order valence-electron chi connectivity index (χ1n) is 5.60. The lowest BCUT2D eigenvalue weighted by Gasteiger charge is -2.27. The van der Waals surface area contributed by atoms with Gasteiger partial charge in [0.05, 0.1) is 6.54 Å². The highest BCUT2D eigenvalue weighted by Gasteiger charge is 2.19. The van der Waals surface area contributed by atoms with Gasteiger partial charge in [0.15, 0.2) is 0 Å². The summed E-state index contributed by atoms with van der Waals surface area (Å²) in [6.07, 6.45) is 3.78. The van der Waals surface area contributed by atoms with Crippen molar-refractivity contribution in [3.8, 4) is 0 Å². The van der Waals surface area contributed by atoms with Gasteiger partial charge in [-0.05, 0) is 11.6 Å². The van der Waals surface area contributed by atoms with Gasteiger partial charge in [-0.3, -0.25) is 0 Å². The third-order valence-electron chi connectivity index (χ3n) is 2.85. The van der Waals surface area contributed by atoms with Crippen molar-refractivity contribution < 1.29 is 0 Å². The molecule has 0 saturated heterocycles. The summed E-state index contributed by atoms with van der Waals surface area (Å²) in [4.78, 5) is 18.8. The Kier molecular flexibility index (Phi) is 2.75. The minimum atomic E-state index is 0.193. The third-order valence-corrected chi connectivity index (χ3v) is 3.02. The highest BCUT2D eigenvalue weighted by molar-refractivity contribution is 6.28. The molecule has 8 heteroatoms. The van der Waals surface area contributed by atoms with Crippen molar-refractivity contribution in [3.05, 3.63) is 23.5 Å². The highest BCUT2D eigenvalue weighted by Crippen LogP contribution is 2.18. The van der Waals surface area contributed by atoms with Crippen molar-refractivity contribution >= 4 is 23.5 Å². The minimum absolute atomic E-state index is 0.193. The smallest absolute Gasteiger partial charge is 0.231 e. The SMILES string of the molecule is CNc1nc(Cl)nc(N2CCn3ccnc3C2)n1. The molecule has 0 unspecified atom stereocenters. The summed E-state index contributed by atoms with van der Waals surface area (Å²) in [5.74, 6) is 2.05. The van der Waals surface area contributed by atoms with Crippen molar-refractivity contribution in [2.45, 2.75) is 13.1 Å². The molecule has 1 N–H and O–H groups in total. The van der Waals surface area contributed by atoms with Crippen LogP contribution >= 0.6 is 11.6 Å². The largest absolute Gasteiger partial charge is 0.357 e. The standard InChI is InChI=1S/C10H12ClN7/c1-12-9-14-8(11)15-10(16-9)18-5-4-17-3-2-13-7(17)6-18/h2-3H,4-6H2,1H3,(H,12,14,15,16). The second kappa shape index (κ2) is 4.41. The van der Waals surface area contributed by atoms with E-state index >= 15 is 0 Å². The summed E-state index contributed by atoms with van der Waals surface area (Å²) in [7, 11) is 1.75. The van der Waals surface area contributed by atoms with Gasteiger partial charge in [-0.25, -0.2) is 4.98 Å². The van der Waals surface area contributed by atoms with E-state index in [0.717, 1.165) is 18.9 Å². The number of fused-ring (bicyclic) bond motifs is 1. The monoisotopic (exact) mass is 265 g/mol. The van der Waals surface area contributed by atoms with Gasteiger partial charge in [-0.15, -0.1) is 0 Å². The van der Waals surface area contributed by atoms with Crippen molar-refractivity contribution in [1.29, 1.82) is 0 Å². The Bertz CT molecular complexity index is 567. The number of aromatic nitrogens is 5. The van der Waals surface area contributed by atoms with Gasteiger partial charge in [0.1, 0.15) is 5.82 Å². The molecule has 0 atom stereocenters. The van der Waals surface area contributed by atoms with Crippen molar-refractivity contribution in [2.24, 2.45) is 0 Å². The first-order chi connectivity index (χ1) is 8.76. The predicted molar refractivity (Wildman–Crippen MR) is 67.7 cm³/mol. The molecule has 3 rings (SSSR count). The molecular formula is C10H12ClN7. The van der Waals surface area contributed by atoms with Gasteiger partial charge >= 0.3 is 0 Å². The molecule has 2 aromatic rings. The number of anilines is 2. The van der Waals surface area contributed by atoms with Gasteiger partial charge in [0, 0.05) is 32.5 Å². The van der Waals surface area contributed by atoms with Crippen LogP contribution in [0, 0.1) is 0 Å². The highest BCUT2D eigenvalue weighted by atomic mass is 35.5. The van der Waals surface area contributed by atoms with Crippen molar-refractivity contribution in [2.75, 3.05) is 23.8 Å². The maximum atomic E-state index is 5.88. The quantitative estimate of drug-likeness (QED) is 0.865. The second-order valence-electron chi connectivity index (χ2n) is 3.94. The Balaban J connectivity index is 1.90. The van der Waals surface area contributed by atoms with Crippen LogP contribution in [0.5, 0.6) is 0 Å². The molecule has 0 bridgehead atoms. The van der Waals surface area contributed by atoms with Crippen LogP contribution in [0.3, 0.4) is 0 Å². The van der Waals surface area contributed by atoms with Crippen LogP contribution < -0.4 is 10.2 Å². The first-order valence-corrected chi connectivity index (χ1v) is 5.98. The lowest BCUT2D eigenvalue weighted by molar-refractivity contribution is 0.551. The molecule has 0 amide bonds. The maximum Gasteiger partial charge on any atom is 0.231 e. The van der Waals surface area contributed by atoms with Crippen LogP contribution in [0.15, 0.2) is 12.4 Å². The molecule has 0 fully saturated rings. The molecule has 1 aliphatic rings. The number of nitrogens with zero attached hydrogens (tertiary/aromatic N) is 6. The van der Waals surface area contributed by atoms with E-state index in [9.17, 15) is 0 Å². The number of nitrogens with one attached hydrogen (secondary N) is 1. The van der Waals surface area contributed by atoms with Crippen LogP contribution in [0.2, 0.25) is 5.28 Å². The normalized spacial score (nSPS) is 14.4. The van der Waals surface area contributed by atoms with Crippen molar-refractivity contribution in [1.82, 2.24) is 24.5 Å². The molecule has 2 aromatic heterocycles. The lowest BCUT2D eigenvalue weighted by Crippen LogP contribution is -2.35. The van der Waals surface area contributed by atoms with E-state index in [1.165, 1.54) is 0 Å². The van der Waals surface area contributed by atoms with Gasteiger partial charge in [0.25, 0.3) is 0 Å².